The molecular weight excluding hydrogens is 644 g/mol. The Balaban J connectivity index is 0.973. The second-order valence-electron chi connectivity index (χ2n) is 17.1. The molecule has 6 heteroatoms. The number of ether oxygens (including phenoxy) is 2. The Kier molecular flexibility index (Phi) is 10.0. The highest BCUT2D eigenvalue weighted by Crippen LogP contribution is 2.67. The second kappa shape index (κ2) is 14.2. The van der Waals surface area contributed by atoms with Crippen LogP contribution in [0.1, 0.15) is 105 Å². The minimum absolute atomic E-state index is 0.142. The number of allylic oxidation sites excluding steroid dienone is 1. The lowest BCUT2D eigenvalue weighted by molar-refractivity contribution is -0.153. The van der Waals surface area contributed by atoms with Gasteiger partial charge in [-0.15, -0.1) is 0 Å². The van der Waals surface area contributed by atoms with Gasteiger partial charge in [-0.2, -0.15) is 0 Å². The van der Waals surface area contributed by atoms with Crippen LogP contribution >= 0.6 is 11.6 Å². The molecule has 0 saturated heterocycles. The average Bonchev–Trinajstić information content (AvgIpc) is 3.45. The maximum absolute atomic E-state index is 13.1. The van der Waals surface area contributed by atoms with Gasteiger partial charge in [-0.1, -0.05) is 107 Å². The Labute approximate surface area is 303 Å². The lowest BCUT2D eigenvalue weighted by Gasteiger charge is -2.58. The molecule has 0 unspecified atom stereocenters. The summed E-state index contributed by atoms with van der Waals surface area (Å²) in [6.45, 7) is 12.2. The smallest absolute Gasteiger partial charge is 0.344 e. The molecule has 0 amide bonds. The number of carbonyl (C=O) groups is 1. The van der Waals surface area contributed by atoms with E-state index in [1.54, 1.807) is 12.1 Å². The molecule has 1 heterocycles. The van der Waals surface area contributed by atoms with Crippen LogP contribution in [0.3, 0.4) is 0 Å². The summed E-state index contributed by atoms with van der Waals surface area (Å²) in [7, 11) is 0. The molecule has 3 fully saturated rings. The number of hydrogen-bond donors (Lipinski definition) is 0. The van der Waals surface area contributed by atoms with Crippen molar-refractivity contribution in [2.45, 2.75) is 111 Å². The summed E-state index contributed by atoms with van der Waals surface area (Å²) in [6.07, 6.45) is 16.0. The van der Waals surface area contributed by atoms with Gasteiger partial charge < -0.3 is 13.9 Å². The number of carbonyl (C=O) groups excluding carboxylic acids is 1. The highest BCUT2D eigenvalue weighted by molar-refractivity contribution is 6.33. The largest absolute Gasteiger partial charge is 0.480 e. The van der Waals surface area contributed by atoms with Gasteiger partial charge in [0, 0.05) is 23.9 Å². The third-order valence-electron chi connectivity index (χ3n) is 13.8. The first-order chi connectivity index (χ1) is 24.0. The van der Waals surface area contributed by atoms with Gasteiger partial charge in [-0.3, -0.25) is 0 Å². The zero-order valence-electron chi connectivity index (χ0n) is 30.6. The van der Waals surface area contributed by atoms with E-state index in [9.17, 15) is 9.59 Å². The maximum Gasteiger partial charge on any atom is 0.344 e. The van der Waals surface area contributed by atoms with E-state index in [0.717, 1.165) is 65.9 Å². The number of hydrogen-bond acceptors (Lipinski definition) is 5. The third-order valence-corrected chi connectivity index (χ3v) is 14.1. The molecule has 50 heavy (non-hydrogen) atoms. The Morgan fingerprint density at radius 2 is 1.78 bits per heavy atom. The summed E-state index contributed by atoms with van der Waals surface area (Å²) in [6, 6.07) is 14.4. The van der Waals surface area contributed by atoms with Crippen LogP contribution in [0.15, 0.2) is 69.4 Å². The lowest BCUT2D eigenvalue weighted by Crippen LogP contribution is -2.51. The minimum Gasteiger partial charge on any atom is -0.480 e. The van der Waals surface area contributed by atoms with Gasteiger partial charge >= 0.3 is 11.6 Å². The van der Waals surface area contributed by atoms with Gasteiger partial charge in [0.05, 0.1) is 5.02 Å². The SMILES string of the molecule is CC(C)CCC[C@H](C)[C@@H]1CC[C@@H]2[C@H]3CC=C4C[C@@H](OC(=O)COc5cc6oc(=O)cc(-c7ccccc7)c6cc5Cl)CC[C@]4(C)[C@@H]3CC[C@]21C. The molecule has 3 aromatic rings. The van der Waals surface area contributed by atoms with Gasteiger partial charge in [0.1, 0.15) is 17.4 Å². The molecule has 0 radical (unpaired) electrons. The summed E-state index contributed by atoms with van der Waals surface area (Å²) in [5, 5.41) is 1.04. The molecular formula is C44H55ClO5. The van der Waals surface area contributed by atoms with Crippen molar-refractivity contribution < 1.29 is 18.7 Å². The molecule has 7 rings (SSSR count). The number of benzene rings is 2. The molecule has 0 N–H and O–H groups in total. The summed E-state index contributed by atoms with van der Waals surface area (Å²) in [5.41, 5.74) is 3.69. The monoisotopic (exact) mass is 698 g/mol. The van der Waals surface area contributed by atoms with E-state index in [2.05, 4.69) is 40.7 Å². The predicted octanol–water partition coefficient (Wildman–Crippen LogP) is 11.4. The van der Waals surface area contributed by atoms with E-state index in [-0.39, 0.29) is 23.9 Å². The van der Waals surface area contributed by atoms with Gasteiger partial charge in [0.25, 0.3) is 0 Å². The van der Waals surface area contributed by atoms with Crippen LogP contribution in [-0.4, -0.2) is 18.7 Å². The molecule has 2 aromatic carbocycles. The number of rotatable bonds is 10. The summed E-state index contributed by atoms with van der Waals surface area (Å²) < 4.78 is 17.4. The normalized spacial score (nSPS) is 31.0. The van der Waals surface area contributed by atoms with Crippen molar-refractivity contribution in [3.8, 4) is 16.9 Å². The Bertz CT molecular complexity index is 1790. The van der Waals surface area contributed by atoms with Crippen molar-refractivity contribution in [3.05, 3.63) is 75.6 Å². The summed E-state index contributed by atoms with van der Waals surface area (Å²) in [5.74, 6) is 4.71. The quantitative estimate of drug-likeness (QED) is 0.120. The summed E-state index contributed by atoms with van der Waals surface area (Å²) >= 11 is 6.62. The van der Waals surface area contributed by atoms with Crippen LogP contribution in [0.2, 0.25) is 5.02 Å². The molecule has 3 saturated carbocycles. The van der Waals surface area contributed by atoms with Gasteiger partial charge in [-0.25, -0.2) is 9.59 Å². The van der Waals surface area contributed by atoms with Crippen LogP contribution < -0.4 is 10.4 Å². The number of esters is 1. The van der Waals surface area contributed by atoms with E-state index >= 15 is 0 Å². The zero-order valence-corrected chi connectivity index (χ0v) is 31.4. The first kappa shape index (κ1) is 35.4. The second-order valence-corrected chi connectivity index (χ2v) is 17.5. The average molecular weight is 699 g/mol. The van der Waals surface area contributed by atoms with E-state index in [0.29, 0.717) is 21.4 Å². The van der Waals surface area contributed by atoms with E-state index in [4.69, 9.17) is 25.5 Å². The van der Waals surface area contributed by atoms with Crippen molar-refractivity contribution in [1.82, 2.24) is 0 Å². The highest BCUT2D eigenvalue weighted by Gasteiger charge is 2.59. The fraction of sp³-hybridized carbons (Fsp3) is 0.591. The van der Waals surface area contributed by atoms with Crippen LogP contribution in [-0.2, 0) is 9.53 Å². The van der Waals surface area contributed by atoms with Crippen molar-refractivity contribution in [3.63, 3.8) is 0 Å². The number of fused-ring (bicyclic) bond motifs is 6. The third kappa shape index (κ3) is 6.69. The molecule has 4 aliphatic rings. The molecule has 5 nitrogen and oxygen atoms in total. The molecule has 0 spiro atoms. The Hall–Kier alpha value is -3.05. The zero-order chi connectivity index (χ0) is 35.2. The van der Waals surface area contributed by atoms with Crippen molar-refractivity contribution in [2.24, 2.45) is 46.3 Å². The molecule has 1 aromatic heterocycles. The standard InChI is InChI=1S/C44H55ClO5/c1-27(2)10-9-11-28(3)35-16-17-36-32-15-14-30-22-31(18-20-43(30,4)37(32)19-21-44(35,36)5)49-42(47)26-48-40-25-39-34(23-38(40)45)33(24-41(46)50-39)29-12-7-6-8-13-29/h6-8,12-14,23-25,27-28,31-32,35-37H,9-11,15-22,26H2,1-5H3/t28-,31-,32+,35-,36+,37+,43-,44-/m0/s1. The van der Waals surface area contributed by atoms with E-state index in [1.807, 2.05) is 30.3 Å². The van der Waals surface area contributed by atoms with E-state index < -0.39 is 11.6 Å². The first-order valence-electron chi connectivity index (χ1n) is 19.3. The van der Waals surface area contributed by atoms with Crippen molar-refractivity contribution in [1.29, 1.82) is 0 Å². The van der Waals surface area contributed by atoms with Crippen LogP contribution in [0, 0.1) is 46.3 Å². The fourth-order valence-electron chi connectivity index (χ4n) is 11.2. The topological polar surface area (TPSA) is 65.7 Å². The number of halogens is 1. The first-order valence-corrected chi connectivity index (χ1v) is 19.7. The summed E-state index contributed by atoms with van der Waals surface area (Å²) in [4.78, 5) is 25.5. The minimum atomic E-state index is -0.464. The van der Waals surface area contributed by atoms with Gasteiger partial charge in [0.2, 0.25) is 0 Å². The molecule has 8 atom stereocenters. The Morgan fingerprint density at radius 3 is 2.56 bits per heavy atom. The lowest BCUT2D eigenvalue weighted by atomic mass is 9.47. The van der Waals surface area contributed by atoms with Crippen molar-refractivity contribution in [2.75, 3.05) is 6.61 Å². The van der Waals surface area contributed by atoms with E-state index in [1.165, 1.54) is 63.0 Å². The maximum atomic E-state index is 13.1. The molecule has 4 aliphatic carbocycles. The van der Waals surface area contributed by atoms with Crippen LogP contribution in [0.4, 0.5) is 0 Å². The molecule has 0 aliphatic heterocycles. The van der Waals surface area contributed by atoms with Gasteiger partial charge in [-0.05, 0) is 108 Å². The Morgan fingerprint density at radius 1 is 0.980 bits per heavy atom. The fourth-order valence-corrected chi connectivity index (χ4v) is 11.5. The highest BCUT2D eigenvalue weighted by atomic mass is 35.5. The van der Waals surface area contributed by atoms with Crippen LogP contribution in [0.5, 0.6) is 5.75 Å². The van der Waals surface area contributed by atoms with Gasteiger partial charge in [0.15, 0.2) is 6.61 Å². The molecule has 268 valence electrons. The molecule has 0 bridgehead atoms. The predicted molar refractivity (Wildman–Crippen MR) is 201 cm³/mol. The van der Waals surface area contributed by atoms with Crippen molar-refractivity contribution >= 4 is 28.5 Å². The van der Waals surface area contributed by atoms with Crippen LogP contribution in [0.25, 0.3) is 22.1 Å².